The lowest BCUT2D eigenvalue weighted by Crippen LogP contribution is -2.41. The van der Waals surface area contributed by atoms with E-state index >= 15 is 0 Å². The molecule has 2 amide bonds. The Labute approximate surface area is 147 Å². The number of likely N-dealkylation sites (tertiary alicyclic amines) is 1. The zero-order valence-electron chi connectivity index (χ0n) is 15.1. The molecular weight excluding hydrogens is 320 g/mol. The molecule has 0 saturated carbocycles. The Kier molecular flexibility index (Phi) is 4.65. The predicted molar refractivity (Wildman–Crippen MR) is 93.0 cm³/mol. The number of hydrogen-bond donors (Lipinski definition) is 1. The molecule has 1 fully saturated rings. The first kappa shape index (κ1) is 17.3. The molecule has 0 radical (unpaired) electrons. The molecule has 0 aromatic carbocycles. The van der Waals surface area contributed by atoms with Crippen LogP contribution >= 0.6 is 0 Å². The van der Waals surface area contributed by atoms with Crippen molar-refractivity contribution in [2.45, 2.75) is 59.2 Å². The molecule has 1 N–H and O–H groups in total. The summed E-state index contributed by atoms with van der Waals surface area (Å²) >= 11 is 0. The SMILES string of the molecule is Cc1nn(C(C)C)c(C)c1NC(=O)[C@@H]1CCC(=O)N1Cc1ccco1. The maximum atomic E-state index is 12.8. The summed E-state index contributed by atoms with van der Waals surface area (Å²) in [5.41, 5.74) is 2.43. The van der Waals surface area contributed by atoms with Gasteiger partial charge in [0.15, 0.2) is 0 Å². The molecule has 1 aliphatic rings. The fraction of sp³-hybridized carbons (Fsp3) is 0.500. The lowest BCUT2D eigenvalue weighted by Gasteiger charge is -2.23. The van der Waals surface area contributed by atoms with Crippen LogP contribution in [-0.2, 0) is 16.1 Å². The van der Waals surface area contributed by atoms with Crippen molar-refractivity contribution in [3.8, 4) is 0 Å². The van der Waals surface area contributed by atoms with E-state index in [0.29, 0.717) is 25.1 Å². The maximum absolute atomic E-state index is 12.8. The maximum Gasteiger partial charge on any atom is 0.247 e. The number of furan rings is 1. The molecule has 0 bridgehead atoms. The number of carbonyl (C=O) groups is 2. The quantitative estimate of drug-likeness (QED) is 0.904. The average Bonchev–Trinajstić information content (AvgIpc) is 3.25. The topological polar surface area (TPSA) is 80.4 Å². The molecule has 0 aliphatic carbocycles. The molecule has 0 unspecified atom stereocenters. The Morgan fingerprint density at radius 3 is 2.80 bits per heavy atom. The van der Waals surface area contributed by atoms with Crippen molar-refractivity contribution in [3.63, 3.8) is 0 Å². The van der Waals surface area contributed by atoms with Crippen molar-refractivity contribution in [1.82, 2.24) is 14.7 Å². The van der Waals surface area contributed by atoms with Gasteiger partial charge in [-0.1, -0.05) is 0 Å². The molecule has 134 valence electrons. The Bertz CT molecular complexity index is 777. The summed E-state index contributed by atoms with van der Waals surface area (Å²) in [4.78, 5) is 26.6. The Balaban J connectivity index is 1.77. The van der Waals surface area contributed by atoms with Gasteiger partial charge in [0.05, 0.1) is 29.9 Å². The fourth-order valence-corrected chi connectivity index (χ4v) is 3.33. The molecular formula is C18H24N4O3. The minimum absolute atomic E-state index is 0.0251. The van der Waals surface area contributed by atoms with Gasteiger partial charge in [-0.3, -0.25) is 14.3 Å². The molecule has 1 aliphatic heterocycles. The van der Waals surface area contributed by atoms with E-state index in [0.717, 1.165) is 17.1 Å². The van der Waals surface area contributed by atoms with Gasteiger partial charge in [-0.15, -0.1) is 0 Å². The second-order valence-electron chi connectivity index (χ2n) is 6.73. The summed E-state index contributed by atoms with van der Waals surface area (Å²) in [6, 6.07) is 3.31. The summed E-state index contributed by atoms with van der Waals surface area (Å²) in [7, 11) is 0. The van der Waals surface area contributed by atoms with Gasteiger partial charge in [-0.25, -0.2) is 0 Å². The third-order valence-corrected chi connectivity index (χ3v) is 4.60. The summed E-state index contributed by atoms with van der Waals surface area (Å²) in [5.74, 6) is 0.475. The van der Waals surface area contributed by atoms with Crippen LogP contribution in [0.4, 0.5) is 5.69 Å². The number of hydrogen-bond acceptors (Lipinski definition) is 4. The van der Waals surface area contributed by atoms with E-state index in [4.69, 9.17) is 4.42 Å². The first-order valence-corrected chi connectivity index (χ1v) is 8.57. The second-order valence-corrected chi connectivity index (χ2v) is 6.73. The van der Waals surface area contributed by atoms with E-state index in [2.05, 4.69) is 10.4 Å². The van der Waals surface area contributed by atoms with Gasteiger partial charge in [0.1, 0.15) is 11.8 Å². The highest BCUT2D eigenvalue weighted by molar-refractivity contribution is 5.99. The van der Waals surface area contributed by atoms with Crippen molar-refractivity contribution in [2.24, 2.45) is 0 Å². The van der Waals surface area contributed by atoms with E-state index in [9.17, 15) is 9.59 Å². The molecule has 1 saturated heterocycles. The third kappa shape index (κ3) is 3.31. The summed E-state index contributed by atoms with van der Waals surface area (Å²) in [6.45, 7) is 8.22. The van der Waals surface area contributed by atoms with Gasteiger partial charge in [0, 0.05) is 12.5 Å². The van der Waals surface area contributed by atoms with E-state index in [1.165, 1.54) is 0 Å². The molecule has 2 aromatic rings. The van der Waals surface area contributed by atoms with Crippen molar-refractivity contribution in [3.05, 3.63) is 35.5 Å². The van der Waals surface area contributed by atoms with Crippen molar-refractivity contribution in [1.29, 1.82) is 0 Å². The molecule has 2 aromatic heterocycles. The number of aromatic nitrogens is 2. The number of aryl methyl sites for hydroxylation is 1. The van der Waals surface area contributed by atoms with E-state index in [1.807, 2.05) is 38.4 Å². The first-order valence-electron chi connectivity index (χ1n) is 8.57. The summed E-state index contributed by atoms with van der Waals surface area (Å²) in [5, 5.41) is 7.47. The minimum Gasteiger partial charge on any atom is -0.467 e. The normalized spacial score (nSPS) is 17.6. The van der Waals surface area contributed by atoms with Crippen LogP contribution in [0.3, 0.4) is 0 Å². The monoisotopic (exact) mass is 344 g/mol. The van der Waals surface area contributed by atoms with Crippen LogP contribution < -0.4 is 5.32 Å². The van der Waals surface area contributed by atoms with Crippen LogP contribution in [0.5, 0.6) is 0 Å². The van der Waals surface area contributed by atoms with Crippen LogP contribution in [0.25, 0.3) is 0 Å². The number of anilines is 1. The molecule has 3 rings (SSSR count). The number of nitrogens with zero attached hydrogens (tertiary/aromatic N) is 3. The molecule has 1 atom stereocenters. The first-order chi connectivity index (χ1) is 11.9. The predicted octanol–water partition coefficient (Wildman–Crippen LogP) is 2.80. The zero-order valence-corrected chi connectivity index (χ0v) is 15.1. The fourth-order valence-electron chi connectivity index (χ4n) is 3.33. The zero-order chi connectivity index (χ0) is 18.1. The number of carbonyl (C=O) groups excluding carboxylic acids is 2. The van der Waals surface area contributed by atoms with Gasteiger partial charge in [-0.05, 0) is 46.2 Å². The Morgan fingerprint density at radius 1 is 1.44 bits per heavy atom. The molecule has 25 heavy (non-hydrogen) atoms. The number of nitrogens with one attached hydrogen (secondary N) is 1. The van der Waals surface area contributed by atoms with Gasteiger partial charge >= 0.3 is 0 Å². The van der Waals surface area contributed by atoms with Crippen LogP contribution in [0, 0.1) is 13.8 Å². The average molecular weight is 344 g/mol. The Morgan fingerprint density at radius 2 is 2.20 bits per heavy atom. The lowest BCUT2D eigenvalue weighted by atomic mass is 10.2. The highest BCUT2D eigenvalue weighted by atomic mass is 16.3. The standard InChI is InChI=1S/C18H24N4O3/c1-11(2)22-13(4)17(12(3)20-22)19-18(24)15-7-8-16(23)21(15)10-14-6-5-9-25-14/h5-6,9,11,15H,7-8,10H2,1-4H3,(H,19,24)/t15-/m0/s1. The van der Waals surface area contributed by atoms with Crippen LogP contribution in [0.1, 0.15) is 49.9 Å². The molecule has 3 heterocycles. The van der Waals surface area contributed by atoms with Gasteiger partial charge in [0.2, 0.25) is 11.8 Å². The number of rotatable bonds is 5. The third-order valence-electron chi connectivity index (χ3n) is 4.60. The van der Waals surface area contributed by atoms with E-state index in [1.54, 1.807) is 17.2 Å². The molecule has 7 nitrogen and oxygen atoms in total. The van der Waals surface area contributed by atoms with Gasteiger partial charge < -0.3 is 14.6 Å². The van der Waals surface area contributed by atoms with Gasteiger partial charge in [-0.2, -0.15) is 5.10 Å². The Hall–Kier alpha value is -2.57. The van der Waals surface area contributed by atoms with Crippen LogP contribution in [0.15, 0.2) is 22.8 Å². The molecule has 7 heteroatoms. The second kappa shape index (κ2) is 6.74. The van der Waals surface area contributed by atoms with Crippen molar-refractivity contribution in [2.75, 3.05) is 5.32 Å². The van der Waals surface area contributed by atoms with E-state index in [-0.39, 0.29) is 17.9 Å². The highest BCUT2D eigenvalue weighted by Gasteiger charge is 2.37. The van der Waals surface area contributed by atoms with Crippen LogP contribution in [0.2, 0.25) is 0 Å². The summed E-state index contributed by atoms with van der Waals surface area (Å²) < 4.78 is 7.21. The number of amides is 2. The van der Waals surface area contributed by atoms with E-state index < -0.39 is 6.04 Å². The lowest BCUT2D eigenvalue weighted by molar-refractivity contribution is -0.134. The van der Waals surface area contributed by atoms with Crippen LogP contribution in [-0.4, -0.2) is 32.5 Å². The highest BCUT2D eigenvalue weighted by Crippen LogP contribution is 2.26. The minimum atomic E-state index is -0.487. The van der Waals surface area contributed by atoms with Crippen molar-refractivity contribution >= 4 is 17.5 Å². The molecule has 0 spiro atoms. The smallest absolute Gasteiger partial charge is 0.247 e. The van der Waals surface area contributed by atoms with Crippen molar-refractivity contribution < 1.29 is 14.0 Å². The summed E-state index contributed by atoms with van der Waals surface area (Å²) in [6.07, 6.45) is 2.46. The largest absolute Gasteiger partial charge is 0.467 e. The van der Waals surface area contributed by atoms with Gasteiger partial charge in [0.25, 0.3) is 0 Å².